The number of furan rings is 1. The van der Waals surface area contributed by atoms with E-state index in [0.29, 0.717) is 32.9 Å². The molecule has 0 atom stereocenters. The Kier molecular flexibility index (Phi) is 6.48. The standard InChI is InChI=1S/C23H18Cl2FN3O3/c1-14-10-22(28-29(14)12-18-19(25)6-3-7-20(18)26)27-23(30)21-9-8-17(32-21)13-31-16-5-2-4-15(24)11-16/h2-11H,12-13H2,1H3,(H,27,28,30). The molecule has 0 spiro atoms. The SMILES string of the molecule is Cc1cc(NC(=O)c2ccc(COc3cccc(Cl)c3)o2)nn1Cc1c(F)cccc1Cl. The molecule has 0 radical (unpaired) electrons. The predicted molar refractivity (Wildman–Crippen MR) is 120 cm³/mol. The van der Waals surface area contributed by atoms with Crippen LogP contribution in [0.2, 0.25) is 10.0 Å². The lowest BCUT2D eigenvalue weighted by molar-refractivity contribution is 0.0992. The highest BCUT2D eigenvalue weighted by atomic mass is 35.5. The van der Waals surface area contributed by atoms with Crippen LogP contribution in [0, 0.1) is 12.7 Å². The fraction of sp³-hybridized carbons (Fsp3) is 0.130. The van der Waals surface area contributed by atoms with E-state index in [0.717, 1.165) is 5.69 Å². The molecule has 4 rings (SSSR count). The maximum Gasteiger partial charge on any atom is 0.292 e. The molecule has 0 bridgehead atoms. The van der Waals surface area contributed by atoms with Crippen molar-refractivity contribution in [2.75, 3.05) is 5.32 Å². The molecule has 0 saturated carbocycles. The van der Waals surface area contributed by atoms with Crippen LogP contribution >= 0.6 is 23.2 Å². The third kappa shape index (κ3) is 5.12. The minimum Gasteiger partial charge on any atom is -0.486 e. The number of ether oxygens (including phenoxy) is 1. The monoisotopic (exact) mass is 473 g/mol. The number of nitrogens with zero attached hydrogens (tertiary/aromatic N) is 2. The lowest BCUT2D eigenvalue weighted by Gasteiger charge is -2.07. The number of aryl methyl sites for hydroxylation is 1. The summed E-state index contributed by atoms with van der Waals surface area (Å²) in [5, 5.41) is 7.88. The number of nitrogens with one attached hydrogen (secondary N) is 1. The Balaban J connectivity index is 1.40. The van der Waals surface area contributed by atoms with Gasteiger partial charge in [-0.25, -0.2) is 4.39 Å². The average Bonchev–Trinajstić information content (AvgIpc) is 3.36. The summed E-state index contributed by atoms with van der Waals surface area (Å²) in [5.41, 5.74) is 1.06. The summed E-state index contributed by atoms with van der Waals surface area (Å²) in [6.45, 7) is 2.08. The van der Waals surface area contributed by atoms with E-state index in [1.807, 2.05) is 0 Å². The van der Waals surface area contributed by atoms with Gasteiger partial charge in [0.25, 0.3) is 5.91 Å². The van der Waals surface area contributed by atoms with Gasteiger partial charge < -0.3 is 14.5 Å². The van der Waals surface area contributed by atoms with Crippen LogP contribution in [0.5, 0.6) is 5.75 Å². The summed E-state index contributed by atoms with van der Waals surface area (Å²) in [7, 11) is 0. The lowest BCUT2D eigenvalue weighted by Crippen LogP contribution is -2.12. The Morgan fingerprint density at radius 3 is 2.75 bits per heavy atom. The summed E-state index contributed by atoms with van der Waals surface area (Å²) >= 11 is 12.0. The van der Waals surface area contributed by atoms with E-state index in [1.165, 1.54) is 6.07 Å². The molecule has 0 aliphatic heterocycles. The van der Waals surface area contributed by atoms with Crippen LogP contribution in [0.1, 0.15) is 27.6 Å². The molecule has 1 amide bonds. The molecule has 2 heterocycles. The Bertz CT molecular complexity index is 1250. The summed E-state index contributed by atoms with van der Waals surface area (Å²) in [5.74, 6) is 0.614. The number of rotatable bonds is 7. The number of carbonyl (C=O) groups is 1. The van der Waals surface area contributed by atoms with E-state index in [2.05, 4.69) is 10.4 Å². The van der Waals surface area contributed by atoms with Crippen LogP contribution in [0.3, 0.4) is 0 Å². The van der Waals surface area contributed by atoms with Crippen LogP contribution < -0.4 is 10.1 Å². The zero-order valence-electron chi connectivity index (χ0n) is 16.9. The molecule has 1 N–H and O–H groups in total. The van der Waals surface area contributed by atoms with E-state index >= 15 is 0 Å². The van der Waals surface area contributed by atoms with Crippen LogP contribution in [0.4, 0.5) is 10.2 Å². The number of benzene rings is 2. The number of anilines is 1. The van der Waals surface area contributed by atoms with Crippen molar-refractivity contribution in [2.45, 2.75) is 20.1 Å². The summed E-state index contributed by atoms with van der Waals surface area (Å²) in [6, 6.07) is 16.4. The summed E-state index contributed by atoms with van der Waals surface area (Å²) < 4.78 is 26.8. The van der Waals surface area contributed by atoms with Gasteiger partial charge in [-0.1, -0.05) is 35.3 Å². The maximum absolute atomic E-state index is 14.1. The number of carbonyl (C=O) groups excluding carboxylic acids is 1. The molecule has 164 valence electrons. The van der Waals surface area contributed by atoms with Crippen LogP contribution in [0.15, 0.2) is 65.1 Å². The fourth-order valence-corrected chi connectivity index (χ4v) is 3.43. The Labute approximate surface area is 193 Å². The van der Waals surface area contributed by atoms with Crippen molar-refractivity contribution >= 4 is 34.9 Å². The van der Waals surface area contributed by atoms with Gasteiger partial charge in [0.1, 0.15) is 23.9 Å². The van der Waals surface area contributed by atoms with Gasteiger partial charge in [-0.3, -0.25) is 9.48 Å². The van der Waals surface area contributed by atoms with Gasteiger partial charge >= 0.3 is 0 Å². The van der Waals surface area contributed by atoms with Crippen molar-refractivity contribution in [1.29, 1.82) is 0 Å². The molecule has 6 nitrogen and oxygen atoms in total. The van der Waals surface area contributed by atoms with Gasteiger partial charge in [-0.2, -0.15) is 5.10 Å². The lowest BCUT2D eigenvalue weighted by atomic mass is 10.2. The normalized spacial score (nSPS) is 10.9. The largest absolute Gasteiger partial charge is 0.486 e. The summed E-state index contributed by atoms with van der Waals surface area (Å²) in [4.78, 5) is 12.5. The maximum atomic E-state index is 14.1. The quantitative estimate of drug-likeness (QED) is 0.351. The van der Waals surface area contributed by atoms with Crippen molar-refractivity contribution in [1.82, 2.24) is 9.78 Å². The zero-order chi connectivity index (χ0) is 22.7. The third-order valence-corrected chi connectivity index (χ3v) is 5.24. The van der Waals surface area contributed by atoms with E-state index in [-0.39, 0.29) is 18.9 Å². The van der Waals surface area contributed by atoms with E-state index < -0.39 is 11.7 Å². The topological polar surface area (TPSA) is 69.3 Å². The first-order valence-corrected chi connectivity index (χ1v) is 10.4. The second-order valence-electron chi connectivity index (χ2n) is 6.99. The predicted octanol–water partition coefficient (Wildman–Crippen LogP) is 6.11. The van der Waals surface area contributed by atoms with E-state index in [9.17, 15) is 9.18 Å². The van der Waals surface area contributed by atoms with Gasteiger partial charge in [-0.05, 0) is 49.4 Å². The molecule has 9 heteroatoms. The van der Waals surface area contributed by atoms with Gasteiger partial charge in [0, 0.05) is 27.4 Å². The molecule has 0 aliphatic carbocycles. The number of halogens is 3. The molecular formula is C23H18Cl2FN3O3. The van der Waals surface area contributed by atoms with E-state index in [4.69, 9.17) is 32.4 Å². The van der Waals surface area contributed by atoms with Crippen molar-refractivity contribution in [2.24, 2.45) is 0 Å². The molecule has 0 saturated heterocycles. The highest BCUT2D eigenvalue weighted by molar-refractivity contribution is 6.31. The van der Waals surface area contributed by atoms with Crippen LogP contribution in [0.25, 0.3) is 0 Å². The van der Waals surface area contributed by atoms with Crippen LogP contribution in [-0.4, -0.2) is 15.7 Å². The first-order valence-electron chi connectivity index (χ1n) is 9.65. The number of aromatic nitrogens is 2. The molecular weight excluding hydrogens is 456 g/mol. The van der Waals surface area contributed by atoms with E-state index in [1.54, 1.807) is 66.2 Å². The molecule has 32 heavy (non-hydrogen) atoms. The third-order valence-electron chi connectivity index (χ3n) is 4.65. The second kappa shape index (κ2) is 9.46. The van der Waals surface area contributed by atoms with Crippen molar-refractivity contribution in [3.8, 4) is 5.75 Å². The van der Waals surface area contributed by atoms with Crippen LogP contribution in [-0.2, 0) is 13.2 Å². The Morgan fingerprint density at radius 2 is 1.97 bits per heavy atom. The molecule has 0 fully saturated rings. The Morgan fingerprint density at radius 1 is 1.16 bits per heavy atom. The smallest absolute Gasteiger partial charge is 0.292 e. The highest BCUT2D eigenvalue weighted by Gasteiger charge is 2.16. The molecule has 2 aromatic carbocycles. The van der Waals surface area contributed by atoms with Gasteiger partial charge in [0.2, 0.25) is 0 Å². The molecule has 2 aromatic heterocycles. The van der Waals surface area contributed by atoms with Crippen molar-refractivity contribution in [3.63, 3.8) is 0 Å². The molecule has 0 aliphatic rings. The number of amides is 1. The number of hydrogen-bond acceptors (Lipinski definition) is 4. The highest BCUT2D eigenvalue weighted by Crippen LogP contribution is 2.22. The Hall–Kier alpha value is -3.29. The average molecular weight is 474 g/mol. The summed E-state index contributed by atoms with van der Waals surface area (Å²) in [6.07, 6.45) is 0. The van der Waals surface area contributed by atoms with Gasteiger partial charge in [0.05, 0.1) is 6.54 Å². The molecule has 4 aromatic rings. The number of hydrogen-bond donors (Lipinski definition) is 1. The van der Waals surface area contributed by atoms with Crippen molar-refractivity contribution < 1.29 is 18.3 Å². The minimum atomic E-state index is -0.465. The van der Waals surface area contributed by atoms with Gasteiger partial charge in [-0.15, -0.1) is 0 Å². The second-order valence-corrected chi connectivity index (χ2v) is 7.84. The molecule has 0 unspecified atom stereocenters. The first-order chi connectivity index (χ1) is 15.4. The zero-order valence-corrected chi connectivity index (χ0v) is 18.5. The minimum absolute atomic E-state index is 0.110. The fourth-order valence-electron chi connectivity index (χ4n) is 3.03. The first kappa shape index (κ1) is 21.9. The van der Waals surface area contributed by atoms with Gasteiger partial charge in [0.15, 0.2) is 11.6 Å². The van der Waals surface area contributed by atoms with Crippen molar-refractivity contribution in [3.05, 3.63) is 99.3 Å².